The largest absolute Gasteiger partial charge is 0.352 e. The lowest BCUT2D eigenvalue weighted by atomic mass is 9.98. The molecule has 2 atom stereocenters. The molecule has 1 aromatic rings. The Morgan fingerprint density at radius 3 is 2.39 bits per heavy atom. The van der Waals surface area contributed by atoms with Crippen molar-refractivity contribution in [2.75, 3.05) is 0 Å². The molecule has 0 aliphatic carbocycles. The summed E-state index contributed by atoms with van der Waals surface area (Å²) in [5.74, 6) is 0.600. The van der Waals surface area contributed by atoms with Crippen LogP contribution in [0, 0.1) is 0 Å². The van der Waals surface area contributed by atoms with Crippen LogP contribution in [0.1, 0.15) is 50.7 Å². The number of amides is 1. The summed E-state index contributed by atoms with van der Waals surface area (Å²) >= 11 is 0. The van der Waals surface area contributed by atoms with Crippen LogP contribution in [0.3, 0.4) is 0 Å². The summed E-state index contributed by atoms with van der Waals surface area (Å²) in [5, 5.41) is 2.87. The Morgan fingerprint density at radius 2 is 1.89 bits per heavy atom. The fraction of sp³-hybridized carbons (Fsp3) is 0.533. The molecule has 1 rings (SSSR count). The summed E-state index contributed by atoms with van der Waals surface area (Å²) in [6, 6.07) is 8.35. The number of hydrogen-bond acceptors (Lipinski definition) is 2. The average molecular weight is 248 g/mol. The van der Waals surface area contributed by atoms with Crippen molar-refractivity contribution in [3.05, 3.63) is 35.4 Å². The third kappa shape index (κ3) is 4.88. The van der Waals surface area contributed by atoms with Gasteiger partial charge in [-0.1, -0.05) is 38.1 Å². The minimum atomic E-state index is -0.0854. The molecule has 3 N–H and O–H groups in total. The highest BCUT2D eigenvalue weighted by Crippen LogP contribution is 2.18. The molecule has 0 saturated carbocycles. The molecule has 1 amide bonds. The van der Waals surface area contributed by atoms with E-state index in [9.17, 15) is 4.79 Å². The molecule has 3 heteroatoms. The van der Waals surface area contributed by atoms with E-state index in [0.717, 1.165) is 12.0 Å². The van der Waals surface area contributed by atoms with Gasteiger partial charge in [0.1, 0.15) is 0 Å². The fourth-order valence-electron chi connectivity index (χ4n) is 1.76. The third-order valence-corrected chi connectivity index (χ3v) is 3.16. The van der Waals surface area contributed by atoms with Crippen LogP contribution < -0.4 is 11.1 Å². The van der Waals surface area contributed by atoms with Crippen molar-refractivity contribution >= 4 is 5.91 Å². The molecule has 0 bridgehead atoms. The smallest absolute Gasteiger partial charge is 0.221 e. The second-order valence-electron chi connectivity index (χ2n) is 5.01. The van der Waals surface area contributed by atoms with Gasteiger partial charge < -0.3 is 11.1 Å². The van der Waals surface area contributed by atoms with Crippen molar-refractivity contribution in [1.82, 2.24) is 5.32 Å². The Morgan fingerprint density at radius 1 is 1.28 bits per heavy atom. The van der Waals surface area contributed by atoms with Crippen LogP contribution >= 0.6 is 0 Å². The van der Waals surface area contributed by atoms with Gasteiger partial charge in [-0.05, 0) is 30.4 Å². The van der Waals surface area contributed by atoms with Crippen molar-refractivity contribution in [3.63, 3.8) is 0 Å². The average Bonchev–Trinajstić information content (AvgIpc) is 2.35. The van der Waals surface area contributed by atoms with Gasteiger partial charge in [0.15, 0.2) is 0 Å². The summed E-state index contributed by atoms with van der Waals surface area (Å²) in [6.07, 6.45) is 1.52. The first-order chi connectivity index (χ1) is 8.52. The molecule has 0 fully saturated rings. The summed E-state index contributed by atoms with van der Waals surface area (Å²) in [5.41, 5.74) is 8.05. The van der Waals surface area contributed by atoms with Gasteiger partial charge in [-0.25, -0.2) is 0 Å². The van der Waals surface area contributed by atoms with Crippen molar-refractivity contribution < 1.29 is 4.79 Å². The number of nitrogens with two attached hydrogens (primary N) is 1. The first-order valence-electron chi connectivity index (χ1n) is 6.64. The SMILES string of the molecule is CCC(C)c1ccc(CNC(=O)CC(C)N)cc1. The van der Waals surface area contributed by atoms with E-state index in [1.165, 1.54) is 5.56 Å². The highest BCUT2D eigenvalue weighted by atomic mass is 16.1. The third-order valence-electron chi connectivity index (χ3n) is 3.16. The summed E-state index contributed by atoms with van der Waals surface area (Å²) < 4.78 is 0. The van der Waals surface area contributed by atoms with Gasteiger partial charge in [0.25, 0.3) is 0 Å². The molecule has 0 heterocycles. The zero-order valence-electron chi connectivity index (χ0n) is 11.6. The first-order valence-corrected chi connectivity index (χ1v) is 6.64. The molecule has 1 aromatic carbocycles. The molecule has 100 valence electrons. The standard InChI is InChI=1S/C15H24N2O/c1-4-11(2)14-7-5-13(6-8-14)10-17-15(18)9-12(3)16/h5-8,11-12H,4,9-10,16H2,1-3H3,(H,17,18). The summed E-state index contributed by atoms with van der Waals surface area (Å²) in [4.78, 5) is 11.5. The lowest BCUT2D eigenvalue weighted by Gasteiger charge is -2.11. The van der Waals surface area contributed by atoms with Gasteiger partial charge in [0.05, 0.1) is 0 Å². The molecule has 0 radical (unpaired) electrons. The Hall–Kier alpha value is -1.35. The summed E-state index contributed by atoms with van der Waals surface area (Å²) in [7, 11) is 0. The normalized spacial score (nSPS) is 14.0. The maximum Gasteiger partial charge on any atom is 0.221 e. The van der Waals surface area contributed by atoms with Gasteiger partial charge in [0.2, 0.25) is 5.91 Å². The Bertz CT molecular complexity index is 371. The molecule has 0 aromatic heterocycles. The molecule has 3 nitrogen and oxygen atoms in total. The minimum Gasteiger partial charge on any atom is -0.352 e. The topological polar surface area (TPSA) is 55.1 Å². The summed E-state index contributed by atoms with van der Waals surface area (Å²) in [6.45, 7) is 6.82. The van der Waals surface area contributed by atoms with Gasteiger partial charge in [-0.15, -0.1) is 0 Å². The molecular weight excluding hydrogens is 224 g/mol. The molecule has 0 aliphatic rings. The quantitative estimate of drug-likeness (QED) is 0.813. The maximum atomic E-state index is 11.5. The van der Waals surface area contributed by atoms with Gasteiger partial charge in [-0.2, -0.15) is 0 Å². The van der Waals surface area contributed by atoms with Crippen LogP contribution in [0.25, 0.3) is 0 Å². The number of carbonyl (C=O) groups is 1. The van der Waals surface area contributed by atoms with Gasteiger partial charge in [-0.3, -0.25) is 4.79 Å². The molecule has 0 saturated heterocycles. The lowest BCUT2D eigenvalue weighted by Crippen LogP contribution is -2.29. The van der Waals surface area contributed by atoms with E-state index in [1.54, 1.807) is 0 Å². The Balaban J connectivity index is 2.46. The van der Waals surface area contributed by atoms with Crippen LogP contribution in [0.2, 0.25) is 0 Å². The maximum absolute atomic E-state index is 11.5. The number of hydrogen-bond donors (Lipinski definition) is 2. The van der Waals surface area contributed by atoms with E-state index in [4.69, 9.17) is 5.73 Å². The van der Waals surface area contributed by atoms with Crippen LogP contribution in [0.15, 0.2) is 24.3 Å². The molecule has 2 unspecified atom stereocenters. The molecular formula is C15H24N2O. The van der Waals surface area contributed by atoms with Crippen molar-refractivity contribution in [3.8, 4) is 0 Å². The predicted molar refractivity (Wildman–Crippen MR) is 75.3 cm³/mol. The lowest BCUT2D eigenvalue weighted by molar-refractivity contribution is -0.121. The second-order valence-corrected chi connectivity index (χ2v) is 5.01. The van der Waals surface area contributed by atoms with Crippen LogP contribution in [0.4, 0.5) is 0 Å². The molecule has 0 aliphatic heterocycles. The van der Waals surface area contributed by atoms with Crippen molar-refractivity contribution in [1.29, 1.82) is 0 Å². The zero-order chi connectivity index (χ0) is 13.5. The van der Waals surface area contributed by atoms with Crippen LogP contribution in [0.5, 0.6) is 0 Å². The van der Waals surface area contributed by atoms with E-state index in [1.807, 2.05) is 6.92 Å². The van der Waals surface area contributed by atoms with Gasteiger partial charge >= 0.3 is 0 Å². The fourth-order valence-corrected chi connectivity index (χ4v) is 1.76. The number of rotatable bonds is 6. The number of carbonyl (C=O) groups excluding carboxylic acids is 1. The number of benzene rings is 1. The van der Waals surface area contributed by atoms with Crippen molar-refractivity contribution in [2.24, 2.45) is 5.73 Å². The van der Waals surface area contributed by atoms with Crippen molar-refractivity contribution in [2.45, 2.75) is 52.1 Å². The van der Waals surface area contributed by atoms with E-state index in [0.29, 0.717) is 18.9 Å². The molecule has 0 spiro atoms. The Labute approximate surface area is 110 Å². The van der Waals surface area contributed by atoms with Crippen LogP contribution in [-0.4, -0.2) is 11.9 Å². The van der Waals surface area contributed by atoms with E-state index >= 15 is 0 Å². The molecule has 18 heavy (non-hydrogen) atoms. The Kier molecular flexibility index (Phi) is 5.86. The van der Waals surface area contributed by atoms with E-state index < -0.39 is 0 Å². The van der Waals surface area contributed by atoms with E-state index in [2.05, 4.69) is 43.4 Å². The predicted octanol–water partition coefficient (Wildman–Crippen LogP) is 2.55. The number of nitrogens with one attached hydrogen (secondary N) is 1. The second kappa shape index (κ2) is 7.17. The van der Waals surface area contributed by atoms with Gasteiger partial charge in [0, 0.05) is 19.0 Å². The van der Waals surface area contributed by atoms with E-state index in [-0.39, 0.29) is 11.9 Å². The highest BCUT2D eigenvalue weighted by Gasteiger charge is 2.05. The monoisotopic (exact) mass is 248 g/mol. The highest BCUT2D eigenvalue weighted by molar-refractivity contribution is 5.76. The zero-order valence-corrected chi connectivity index (χ0v) is 11.6. The van der Waals surface area contributed by atoms with Crippen LogP contribution in [-0.2, 0) is 11.3 Å². The minimum absolute atomic E-state index is 0.0102. The first kappa shape index (κ1) is 14.7.